The smallest absolute Gasteiger partial charge is 0.119 e. The number of nitrogens with one attached hydrogen (secondary N) is 1. The molecule has 0 bridgehead atoms. The van der Waals surface area contributed by atoms with Gasteiger partial charge in [0, 0.05) is 5.69 Å². The Bertz CT molecular complexity index is 477. The van der Waals surface area contributed by atoms with Crippen molar-refractivity contribution < 1.29 is 17.1 Å². The lowest BCUT2D eigenvalue weighted by molar-refractivity contribution is -0.00000467. The second-order valence-corrected chi connectivity index (χ2v) is 4.88. The summed E-state index contributed by atoms with van der Waals surface area (Å²) in [5.74, 6) is 0.962. The van der Waals surface area contributed by atoms with Gasteiger partial charge in [-0.05, 0) is 57.2 Å². The van der Waals surface area contributed by atoms with Crippen LogP contribution >= 0.6 is 0 Å². The molecule has 2 rings (SSSR count). The molecule has 3 nitrogen and oxygen atoms in total. The van der Waals surface area contributed by atoms with Crippen LogP contribution in [0.25, 0.3) is 0 Å². The number of nitrogens with zero attached hydrogens (tertiary/aromatic N) is 1. The average molecular weight is 294 g/mol. The lowest BCUT2D eigenvalue weighted by Crippen LogP contribution is -3.00. The third-order valence-corrected chi connectivity index (χ3v) is 3.36. The number of benzene rings is 1. The summed E-state index contributed by atoms with van der Waals surface area (Å²) < 4.78 is 5.67. The molecule has 0 amide bonds. The normalized spacial score (nSPS) is 10.1. The van der Waals surface area contributed by atoms with Crippen LogP contribution in [0.5, 0.6) is 5.75 Å². The molecule has 0 radical (unpaired) electrons. The van der Waals surface area contributed by atoms with Crippen molar-refractivity contribution in [3.8, 4) is 5.75 Å². The van der Waals surface area contributed by atoms with E-state index in [1.54, 1.807) is 0 Å². The van der Waals surface area contributed by atoms with Crippen LogP contribution in [-0.4, -0.2) is 16.8 Å². The van der Waals surface area contributed by atoms with Gasteiger partial charge < -0.3 is 17.1 Å². The molecule has 0 spiro atoms. The Kier molecular flexibility index (Phi) is 7.16. The quantitative estimate of drug-likeness (QED) is 0.768. The molecular formula is C16H22ClN2O-. The van der Waals surface area contributed by atoms with Crippen molar-refractivity contribution in [2.45, 2.75) is 39.5 Å². The Labute approximate surface area is 127 Å². The molecule has 1 aromatic heterocycles. The Balaban J connectivity index is 0.00000200. The van der Waals surface area contributed by atoms with Gasteiger partial charge in [-0.2, -0.15) is 5.10 Å². The number of rotatable bonds is 7. The minimum atomic E-state index is 0. The standard InChI is InChI=1S/C16H22N2O.ClH/c1-13-16(14(2)18-17-13)11-7-4-8-12-19-15-9-5-3-6-10-15;/h3,5-6,9-10H,4,7-8,11-12H2,1-2H3,(H,17,18);1H/p-1. The van der Waals surface area contributed by atoms with E-state index in [0.29, 0.717) is 0 Å². The van der Waals surface area contributed by atoms with Gasteiger partial charge in [-0.25, -0.2) is 0 Å². The van der Waals surface area contributed by atoms with Crippen molar-refractivity contribution in [2.24, 2.45) is 0 Å². The molecule has 20 heavy (non-hydrogen) atoms. The highest BCUT2D eigenvalue weighted by molar-refractivity contribution is 5.23. The SMILES string of the molecule is Cc1n[nH]c(C)c1CCCCCOc1ccccc1.[Cl-]. The zero-order chi connectivity index (χ0) is 13.5. The molecule has 0 aliphatic rings. The summed E-state index contributed by atoms with van der Waals surface area (Å²) in [7, 11) is 0. The molecule has 1 heterocycles. The van der Waals surface area contributed by atoms with Gasteiger partial charge in [-0.3, -0.25) is 5.10 Å². The largest absolute Gasteiger partial charge is 1.00 e. The van der Waals surface area contributed by atoms with Crippen LogP contribution in [0.2, 0.25) is 0 Å². The monoisotopic (exact) mass is 293 g/mol. The zero-order valence-corrected chi connectivity index (χ0v) is 12.9. The number of ether oxygens (including phenoxy) is 1. The van der Waals surface area contributed by atoms with E-state index in [9.17, 15) is 0 Å². The Morgan fingerprint density at radius 3 is 2.45 bits per heavy atom. The lowest BCUT2D eigenvalue weighted by Gasteiger charge is -2.06. The van der Waals surface area contributed by atoms with Crippen molar-refractivity contribution in [2.75, 3.05) is 6.61 Å². The summed E-state index contributed by atoms with van der Waals surface area (Å²) in [5.41, 5.74) is 3.72. The molecule has 0 saturated heterocycles. The number of aromatic amines is 1. The summed E-state index contributed by atoms with van der Waals surface area (Å²) in [6.07, 6.45) is 4.60. The number of unbranched alkanes of at least 4 members (excludes halogenated alkanes) is 2. The highest BCUT2D eigenvalue weighted by Gasteiger charge is 2.05. The molecule has 110 valence electrons. The molecule has 0 aliphatic heterocycles. The fourth-order valence-corrected chi connectivity index (χ4v) is 2.23. The number of H-pyrrole nitrogens is 1. The predicted octanol–water partition coefficient (Wildman–Crippen LogP) is 0.822. The maximum atomic E-state index is 5.67. The van der Waals surface area contributed by atoms with Gasteiger partial charge in [0.2, 0.25) is 0 Å². The molecule has 0 atom stereocenters. The molecule has 0 fully saturated rings. The highest BCUT2D eigenvalue weighted by atomic mass is 35.5. The van der Waals surface area contributed by atoms with E-state index in [4.69, 9.17) is 4.74 Å². The zero-order valence-electron chi connectivity index (χ0n) is 12.2. The molecule has 1 N–H and O–H groups in total. The number of para-hydroxylation sites is 1. The number of halogens is 1. The maximum Gasteiger partial charge on any atom is 0.119 e. The Morgan fingerprint density at radius 1 is 1.05 bits per heavy atom. The second-order valence-electron chi connectivity index (χ2n) is 4.88. The van der Waals surface area contributed by atoms with Crippen LogP contribution in [0, 0.1) is 13.8 Å². The van der Waals surface area contributed by atoms with E-state index in [-0.39, 0.29) is 12.4 Å². The van der Waals surface area contributed by atoms with Gasteiger partial charge in [0.15, 0.2) is 0 Å². The van der Waals surface area contributed by atoms with Gasteiger partial charge in [-0.1, -0.05) is 18.2 Å². The van der Waals surface area contributed by atoms with E-state index >= 15 is 0 Å². The van der Waals surface area contributed by atoms with E-state index in [0.717, 1.165) is 30.9 Å². The van der Waals surface area contributed by atoms with Crippen molar-refractivity contribution in [3.63, 3.8) is 0 Å². The van der Waals surface area contributed by atoms with E-state index in [2.05, 4.69) is 24.0 Å². The molecule has 2 aromatic rings. The van der Waals surface area contributed by atoms with Crippen molar-refractivity contribution >= 4 is 0 Å². The van der Waals surface area contributed by atoms with Crippen LogP contribution in [-0.2, 0) is 6.42 Å². The van der Waals surface area contributed by atoms with E-state index in [1.807, 2.05) is 30.3 Å². The van der Waals surface area contributed by atoms with Crippen LogP contribution < -0.4 is 17.1 Å². The van der Waals surface area contributed by atoms with Gasteiger partial charge in [0.1, 0.15) is 5.75 Å². The van der Waals surface area contributed by atoms with Crippen molar-refractivity contribution in [1.82, 2.24) is 10.2 Å². The molecular weight excluding hydrogens is 272 g/mol. The molecule has 0 unspecified atom stereocenters. The summed E-state index contributed by atoms with van der Waals surface area (Å²) in [6.45, 7) is 4.96. The average Bonchev–Trinajstić information content (AvgIpc) is 2.75. The van der Waals surface area contributed by atoms with E-state index in [1.165, 1.54) is 24.1 Å². The molecule has 0 saturated carbocycles. The third kappa shape index (κ3) is 4.89. The first-order valence-electron chi connectivity index (χ1n) is 6.95. The van der Waals surface area contributed by atoms with Crippen LogP contribution in [0.15, 0.2) is 30.3 Å². The summed E-state index contributed by atoms with van der Waals surface area (Å²) in [6, 6.07) is 10.00. The third-order valence-electron chi connectivity index (χ3n) is 3.36. The van der Waals surface area contributed by atoms with Crippen LogP contribution in [0.4, 0.5) is 0 Å². The maximum absolute atomic E-state index is 5.67. The highest BCUT2D eigenvalue weighted by Crippen LogP contribution is 2.14. The Hall–Kier alpha value is -1.48. The topological polar surface area (TPSA) is 37.9 Å². The summed E-state index contributed by atoms with van der Waals surface area (Å²) in [5, 5.41) is 7.26. The number of aromatic nitrogens is 2. The van der Waals surface area contributed by atoms with Crippen LogP contribution in [0.1, 0.15) is 36.2 Å². The van der Waals surface area contributed by atoms with E-state index < -0.39 is 0 Å². The van der Waals surface area contributed by atoms with Gasteiger partial charge in [0.05, 0.1) is 12.3 Å². The van der Waals surface area contributed by atoms with Gasteiger partial charge in [-0.15, -0.1) is 0 Å². The summed E-state index contributed by atoms with van der Waals surface area (Å²) in [4.78, 5) is 0. The predicted molar refractivity (Wildman–Crippen MR) is 77.6 cm³/mol. The van der Waals surface area contributed by atoms with Gasteiger partial charge >= 0.3 is 0 Å². The van der Waals surface area contributed by atoms with Crippen LogP contribution in [0.3, 0.4) is 0 Å². The first-order chi connectivity index (χ1) is 9.27. The Morgan fingerprint density at radius 2 is 1.80 bits per heavy atom. The second kappa shape index (κ2) is 8.64. The minimum Gasteiger partial charge on any atom is -1.00 e. The fourth-order valence-electron chi connectivity index (χ4n) is 2.23. The minimum absolute atomic E-state index is 0. The van der Waals surface area contributed by atoms with Crippen molar-refractivity contribution in [3.05, 3.63) is 47.3 Å². The van der Waals surface area contributed by atoms with Gasteiger partial charge in [0.25, 0.3) is 0 Å². The molecule has 4 heteroatoms. The fraction of sp³-hybridized carbons (Fsp3) is 0.438. The molecule has 0 aliphatic carbocycles. The first kappa shape index (κ1) is 16.6. The number of hydrogen-bond donors (Lipinski definition) is 1. The summed E-state index contributed by atoms with van der Waals surface area (Å²) >= 11 is 0. The first-order valence-corrected chi connectivity index (χ1v) is 6.95. The number of aryl methyl sites for hydroxylation is 2. The lowest BCUT2D eigenvalue weighted by atomic mass is 10.1. The molecule has 1 aromatic carbocycles. The number of hydrogen-bond acceptors (Lipinski definition) is 2. The van der Waals surface area contributed by atoms with Crippen molar-refractivity contribution in [1.29, 1.82) is 0 Å².